The molecule has 0 saturated heterocycles. The van der Waals surface area contributed by atoms with Gasteiger partial charge in [0.2, 0.25) is 5.88 Å². The van der Waals surface area contributed by atoms with E-state index in [0.717, 1.165) is 24.8 Å². The van der Waals surface area contributed by atoms with E-state index in [0.29, 0.717) is 28.2 Å². The number of hydrogen-bond acceptors (Lipinski definition) is 6. The summed E-state index contributed by atoms with van der Waals surface area (Å²) in [4.78, 5) is 8.88. The zero-order valence-electron chi connectivity index (χ0n) is 16.9. The lowest BCUT2D eigenvalue weighted by Gasteiger charge is -2.13. The van der Waals surface area contributed by atoms with Crippen LogP contribution in [0.2, 0.25) is 0 Å². The molecule has 156 valence electrons. The standard InChI is InChI=1S/C22H20FN7O/c1-29-10-17(9-28-29)31-22-20-18(13-2-3-14(8-24)19(23)6-13)11-30(21(20)26-12-27-22)16-5-4-15(25)7-16/h2-3,6,9-12,15-16H,4-5,7,25H2,1H3/t15-,16+/m1/s1. The highest BCUT2D eigenvalue weighted by Crippen LogP contribution is 2.41. The molecule has 1 aliphatic carbocycles. The van der Waals surface area contributed by atoms with E-state index in [2.05, 4.69) is 19.6 Å². The molecule has 31 heavy (non-hydrogen) atoms. The smallest absolute Gasteiger partial charge is 0.232 e. The molecule has 2 N–H and O–H groups in total. The number of fused-ring (bicyclic) bond motifs is 1. The third-order valence-corrected chi connectivity index (χ3v) is 5.71. The first kappa shape index (κ1) is 19.2. The highest BCUT2D eigenvalue weighted by atomic mass is 19.1. The predicted molar refractivity (Wildman–Crippen MR) is 112 cm³/mol. The molecule has 1 aliphatic rings. The fourth-order valence-electron chi connectivity index (χ4n) is 4.21. The minimum Gasteiger partial charge on any atom is -0.435 e. The minimum absolute atomic E-state index is 0.00246. The first-order valence-corrected chi connectivity index (χ1v) is 10.0. The Morgan fingerprint density at radius 2 is 2.13 bits per heavy atom. The van der Waals surface area contributed by atoms with Gasteiger partial charge in [-0.05, 0) is 37.0 Å². The van der Waals surface area contributed by atoms with Crippen LogP contribution in [0.1, 0.15) is 30.9 Å². The second-order valence-corrected chi connectivity index (χ2v) is 7.81. The Hall–Kier alpha value is -3.77. The Morgan fingerprint density at radius 3 is 2.81 bits per heavy atom. The van der Waals surface area contributed by atoms with Crippen LogP contribution in [0, 0.1) is 17.1 Å². The van der Waals surface area contributed by atoms with Crippen molar-refractivity contribution in [3.63, 3.8) is 0 Å². The van der Waals surface area contributed by atoms with Crippen molar-refractivity contribution in [2.45, 2.75) is 31.3 Å². The number of nitrogens with two attached hydrogens (primary N) is 1. The van der Waals surface area contributed by atoms with Gasteiger partial charge < -0.3 is 15.0 Å². The number of nitriles is 1. The van der Waals surface area contributed by atoms with Crippen molar-refractivity contribution in [3.8, 4) is 28.8 Å². The molecular weight excluding hydrogens is 397 g/mol. The third kappa shape index (κ3) is 3.41. The maximum atomic E-state index is 14.4. The Bertz CT molecular complexity index is 1320. The van der Waals surface area contributed by atoms with E-state index in [1.807, 2.05) is 12.3 Å². The van der Waals surface area contributed by atoms with Crippen molar-refractivity contribution < 1.29 is 9.13 Å². The molecule has 3 heterocycles. The summed E-state index contributed by atoms with van der Waals surface area (Å²) in [6.07, 6.45) is 9.48. The molecule has 0 amide bonds. The van der Waals surface area contributed by atoms with Crippen LogP contribution >= 0.6 is 0 Å². The normalized spacial score (nSPS) is 18.4. The zero-order chi connectivity index (χ0) is 21.5. The molecule has 9 heteroatoms. The van der Waals surface area contributed by atoms with Gasteiger partial charge in [-0.3, -0.25) is 4.68 Å². The van der Waals surface area contributed by atoms with Gasteiger partial charge in [-0.25, -0.2) is 14.4 Å². The average Bonchev–Trinajstić information content (AvgIpc) is 3.47. The Kier molecular flexibility index (Phi) is 4.64. The summed E-state index contributed by atoms with van der Waals surface area (Å²) in [5, 5.41) is 13.9. The lowest BCUT2D eigenvalue weighted by Crippen LogP contribution is -2.15. The summed E-state index contributed by atoms with van der Waals surface area (Å²) in [6.45, 7) is 0. The lowest BCUT2D eigenvalue weighted by molar-refractivity contribution is 0.467. The van der Waals surface area contributed by atoms with Crippen LogP contribution < -0.4 is 10.5 Å². The Morgan fingerprint density at radius 1 is 1.26 bits per heavy atom. The quantitative estimate of drug-likeness (QED) is 0.543. The van der Waals surface area contributed by atoms with Crippen LogP contribution in [0.25, 0.3) is 22.2 Å². The number of aryl methyl sites for hydroxylation is 1. The number of hydrogen-bond donors (Lipinski definition) is 1. The molecule has 0 spiro atoms. The number of rotatable bonds is 4. The maximum absolute atomic E-state index is 14.4. The van der Waals surface area contributed by atoms with Gasteiger partial charge in [0.15, 0.2) is 5.75 Å². The predicted octanol–water partition coefficient (Wildman–Crippen LogP) is 3.69. The second kappa shape index (κ2) is 7.49. The average molecular weight is 417 g/mol. The summed E-state index contributed by atoms with van der Waals surface area (Å²) in [5.41, 5.74) is 8.20. The van der Waals surface area contributed by atoms with Crippen LogP contribution in [0.3, 0.4) is 0 Å². The maximum Gasteiger partial charge on any atom is 0.232 e. The fraction of sp³-hybridized carbons (Fsp3) is 0.273. The van der Waals surface area contributed by atoms with Crippen LogP contribution in [0.5, 0.6) is 11.6 Å². The SMILES string of the molecule is Cn1cc(Oc2ncnc3c2c(-c2ccc(C#N)c(F)c2)cn3[C@H]2CC[C@@H](N)C2)cn1. The van der Waals surface area contributed by atoms with Crippen LogP contribution in [-0.4, -0.2) is 30.4 Å². The van der Waals surface area contributed by atoms with E-state index >= 15 is 0 Å². The summed E-state index contributed by atoms with van der Waals surface area (Å²) in [5.74, 6) is 0.323. The zero-order valence-corrected chi connectivity index (χ0v) is 16.9. The van der Waals surface area contributed by atoms with Gasteiger partial charge in [0.1, 0.15) is 23.9 Å². The van der Waals surface area contributed by atoms with Gasteiger partial charge in [-0.15, -0.1) is 0 Å². The molecule has 1 saturated carbocycles. The van der Waals surface area contributed by atoms with Crippen molar-refractivity contribution >= 4 is 11.0 Å². The van der Waals surface area contributed by atoms with Crippen molar-refractivity contribution in [2.75, 3.05) is 0 Å². The molecule has 5 rings (SSSR count). The fourth-order valence-corrected chi connectivity index (χ4v) is 4.21. The molecule has 0 radical (unpaired) electrons. The second-order valence-electron chi connectivity index (χ2n) is 7.81. The molecule has 8 nitrogen and oxygen atoms in total. The molecule has 3 aromatic heterocycles. The number of ether oxygens (including phenoxy) is 1. The molecule has 1 fully saturated rings. The van der Waals surface area contributed by atoms with Crippen molar-refractivity contribution in [1.82, 2.24) is 24.3 Å². The van der Waals surface area contributed by atoms with E-state index < -0.39 is 5.82 Å². The van der Waals surface area contributed by atoms with E-state index in [4.69, 9.17) is 15.7 Å². The van der Waals surface area contributed by atoms with Gasteiger partial charge in [0.25, 0.3) is 0 Å². The summed E-state index contributed by atoms with van der Waals surface area (Å²) < 4.78 is 24.2. The van der Waals surface area contributed by atoms with E-state index in [1.165, 1.54) is 18.5 Å². The number of halogens is 1. The largest absolute Gasteiger partial charge is 0.435 e. The topological polar surface area (TPSA) is 108 Å². The molecule has 0 unspecified atom stereocenters. The number of nitrogens with zero attached hydrogens (tertiary/aromatic N) is 6. The Balaban J connectivity index is 1.70. The molecule has 0 bridgehead atoms. The first-order chi connectivity index (χ1) is 15.0. The molecule has 2 atom stereocenters. The summed E-state index contributed by atoms with van der Waals surface area (Å²) in [6, 6.07) is 6.76. The highest BCUT2D eigenvalue weighted by Gasteiger charge is 2.27. The number of benzene rings is 1. The van der Waals surface area contributed by atoms with E-state index in [9.17, 15) is 4.39 Å². The van der Waals surface area contributed by atoms with E-state index in [1.54, 1.807) is 30.2 Å². The Labute approximate surface area is 177 Å². The van der Waals surface area contributed by atoms with Gasteiger partial charge in [0.05, 0.1) is 23.3 Å². The van der Waals surface area contributed by atoms with Crippen molar-refractivity contribution in [2.24, 2.45) is 12.8 Å². The summed E-state index contributed by atoms with van der Waals surface area (Å²) >= 11 is 0. The van der Waals surface area contributed by atoms with Crippen molar-refractivity contribution in [3.05, 3.63) is 54.5 Å². The highest BCUT2D eigenvalue weighted by molar-refractivity contribution is 5.98. The monoisotopic (exact) mass is 417 g/mol. The third-order valence-electron chi connectivity index (χ3n) is 5.71. The molecular formula is C22H20FN7O. The van der Waals surface area contributed by atoms with Gasteiger partial charge in [-0.1, -0.05) is 6.07 Å². The first-order valence-electron chi connectivity index (χ1n) is 10.0. The van der Waals surface area contributed by atoms with E-state index in [-0.39, 0.29) is 17.6 Å². The molecule has 4 aromatic rings. The molecule has 0 aliphatic heterocycles. The number of aromatic nitrogens is 5. The molecule has 1 aromatic carbocycles. The lowest BCUT2D eigenvalue weighted by atomic mass is 10.0. The van der Waals surface area contributed by atoms with Gasteiger partial charge in [-0.2, -0.15) is 10.4 Å². The van der Waals surface area contributed by atoms with Crippen molar-refractivity contribution in [1.29, 1.82) is 5.26 Å². The van der Waals surface area contributed by atoms with Crippen LogP contribution in [0.4, 0.5) is 4.39 Å². The van der Waals surface area contributed by atoms with Gasteiger partial charge >= 0.3 is 0 Å². The summed E-state index contributed by atoms with van der Waals surface area (Å²) in [7, 11) is 1.80. The van der Waals surface area contributed by atoms with Crippen LogP contribution in [0.15, 0.2) is 43.1 Å². The minimum atomic E-state index is -0.574. The van der Waals surface area contributed by atoms with Gasteiger partial charge in [0, 0.05) is 30.9 Å². The van der Waals surface area contributed by atoms with Crippen LogP contribution in [-0.2, 0) is 7.05 Å².